The molecule has 3 aromatic carbocycles. The van der Waals surface area contributed by atoms with Crippen LogP contribution in [0.15, 0.2) is 122 Å². The molecule has 30 heavy (non-hydrogen) atoms. The number of rotatable bonds is 3. The SMILES string of the molecule is Cc1cccc(P(c2ccccc2)c2ccccc2)c1.Cl.c1ccn2cncc2c1. The number of aromatic nitrogens is 2. The molecule has 0 atom stereocenters. The third kappa shape index (κ3) is 5.36. The van der Waals surface area contributed by atoms with Gasteiger partial charge in [0, 0.05) is 6.20 Å². The Labute approximate surface area is 185 Å². The smallest absolute Gasteiger partial charge is 0.0991 e. The molecule has 0 aliphatic rings. The molecule has 2 nitrogen and oxygen atoms in total. The van der Waals surface area contributed by atoms with Crippen LogP contribution in [0, 0.1) is 6.92 Å². The predicted octanol–water partition coefficient (Wildman–Crippen LogP) is 5.51. The number of aryl methyl sites for hydroxylation is 1. The lowest BCUT2D eigenvalue weighted by Crippen LogP contribution is -2.20. The normalized spacial score (nSPS) is 10.2. The van der Waals surface area contributed by atoms with E-state index in [0.717, 1.165) is 5.52 Å². The Morgan fingerprint density at radius 3 is 1.87 bits per heavy atom. The Morgan fingerprint density at radius 2 is 1.27 bits per heavy atom. The topological polar surface area (TPSA) is 17.3 Å². The van der Waals surface area contributed by atoms with E-state index >= 15 is 0 Å². The molecule has 150 valence electrons. The fourth-order valence-electron chi connectivity index (χ4n) is 3.23. The number of hydrogen-bond donors (Lipinski definition) is 0. The number of halogens is 1. The van der Waals surface area contributed by atoms with E-state index in [4.69, 9.17) is 0 Å². The van der Waals surface area contributed by atoms with E-state index in [1.807, 2.05) is 35.0 Å². The average molecular weight is 431 g/mol. The van der Waals surface area contributed by atoms with E-state index in [9.17, 15) is 0 Å². The highest BCUT2D eigenvalue weighted by molar-refractivity contribution is 7.79. The lowest BCUT2D eigenvalue weighted by atomic mass is 10.2. The van der Waals surface area contributed by atoms with E-state index in [0.29, 0.717) is 0 Å². The summed E-state index contributed by atoms with van der Waals surface area (Å²) >= 11 is 0. The van der Waals surface area contributed by atoms with E-state index in [1.54, 1.807) is 6.33 Å². The van der Waals surface area contributed by atoms with Crippen LogP contribution in [0.2, 0.25) is 0 Å². The van der Waals surface area contributed by atoms with Gasteiger partial charge in [-0.2, -0.15) is 0 Å². The predicted molar refractivity (Wildman–Crippen MR) is 132 cm³/mol. The molecule has 0 spiro atoms. The van der Waals surface area contributed by atoms with Crippen molar-refractivity contribution in [1.29, 1.82) is 0 Å². The molecule has 5 aromatic rings. The molecular weight excluding hydrogens is 407 g/mol. The van der Waals surface area contributed by atoms with Gasteiger partial charge in [-0.3, -0.25) is 0 Å². The first-order valence-corrected chi connectivity index (χ1v) is 11.0. The maximum absolute atomic E-state index is 3.96. The van der Waals surface area contributed by atoms with Crippen molar-refractivity contribution in [3.63, 3.8) is 0 Å². The van der Waals surface area contributed by atoms with Crippen molar-refractivity contribution >= 4 is 41.8 Å². The lowest BCUT2D eigenvalue weighted by Gasteiger charge is -2.19. The van der Waals surface area contributed by atoms with Gasteiger partial charge in [-0.05, 0) is 42.9 Å². The van der Waals surface area contributed by atoms with Crippen LogP contribution in [0.1, 0.15) is 5.56 Å². The van der Waals surface area contributed by atoms with Crippen molar-refractivity contribution in [2.24, 2.45) is 0 Å². The highest BCUT2D eigenvalue weighted by Gasteiger charge is 2.15. The number of fused-ring (bicyclic) bond motifs is 1. The summed E-state index contributed by atoms with van der Waals surface area (Å²) in [6.45, 7) is 2.16. The molecule has 0 bridgehead atoms. The molecule has 0 saturated carbocycles. The third-order valence-corrected chi connectivity index (χ3v) is 7.03. The zero-order valence-electron chi connectivity index (χ0n) is 16.8. The minimum absolute atomic E-state index is 0. The maximum atomic E-state index is 3.96. The maximum Gasteiger partial charge on any atom is 0.0991 e. The number of pyridine rings is 1. The van der Waals surface area contributed by atoms with Crippen LogP contribution in [0.3, 0.4) is 0 Å². The van der Waals surface area contributed by atoms with E-state index in [2.05, 4.69) is 96.8 Å². The summed E-state index contributed by atoms with van der Waals surface area (Å²) in [4.78, 5) is 3.96. The molecule has 0 aliphatic heterocycles. The highest BCUT2D eigenvalue weighted by Crippen LogP contribution is 2.32. The zero-order chi connectivity index (χ0) is 19.9. The molecule has 0 amide bonds. The monoisotopic (exact) mass is 430 g/mol. The molecule has 0 aliphatic carbocycles. The summed E-state index contributed by atoms with van der Waals surface area (Å²) in [5, 5.41) is 4.22. The van der Waals surface area contributed by atoms with Gasteiger partial charge in [0.15, 0.2) is 0 Å². The van der Waals surface area contributed by atoms with Crippen LogP contribution >= 0.6 is 20.3 Å². The molecule has 5 rings (SSSR count). The molecule has 0 fully saturated rings. The molecule has 0 N–H and O–H groups in total. The summed E-state index contributed by atoms with van der Waals surface area (Å²) < 4.78 is 1.97. The van der Waals surface area contributed by atoms with Crippen LogP contribution < -0.4 is 15.9 Å². The van der Waals surface area contributed by atoms with Gasteiger partial charge in [0.05, 0.1) is 18.0 Å². The van der Waals surface area contributed by atoms with Crippen molar-refractivity contribution in [2.45, 2.75) is 6.92 Å². The standard InChI is InChI=1S/C19H17P.C7H6N2.ClH/c1-16-9-8-14-19(15-16)20(17-10-4-2-5-11-17)18-12-6-3-7-13-18;1-2-4-9-6-8-5-7(9)3-1;/h2-15H,1H3;1-6H;1H. The molecule has 0 radical (unpaired) electrons. The second-order valence-corrected chi connectivity index (χ2v) is 8.99. The second kappa shape index (κ2) is 10.7. The van der Waals surface area contributed by atoms with Crippen molar-refractivity contribution in [3.05, 3.63) is 127 Å². The molecule has 0 unspecified atom stereocenters. The first kappa shape index (κ1) is 21.8. The summed E-state index contributed by atoms with van der Waals surface area (Å²) in [6.07, 6.45) is 5.59. The summed E-state index contributed by atoms with van der Waals surface area (Å²) in [5.74, 6) is 0. The average Bonchev–Trinajstić information content (AvgIpc) is 3.25. The summed E-state index contributed by atoms with van der Waals surface area (Å²) in [6, 6.07) is 36.5. The van der Waals surface area contributed by atoms with Crippen molar-refractivity contribution in [2.75, 3.05) is 0 Å². The van der Waals surface area contributed by atoms with Gasteiger partial charge in [-0.25, -0.2) is 4.98 Å². The van der Waals surface area contributed by atoms with E-state index < -0.39 is 7.92 Å². The third-order valence-electron chi connectivity index (χ3n) is 4.61. The van der Waals surface area contributed by atoms with Gasteiger partial charge in [-0.15, -0.1) is 12.4 Å². The van der Waals surface area contributed by atoms with Crippen LogP contribution in [0.5, 0.6) is 0 Å². The zero-order valence-corrected chi connectivity index (χ0v) is 18.5. The first-order valence-electron chi connectivity index (χ1n) is 9.65. The summed E-state index contributed by atoms with van der Waals surface area (Å²) in [7, 11) is -0.462. The largest absolute Gasteiger partial charge is 0.306 e. The van der Waals surface area contributed by atoms with Gasteiger partial charge in [0.2, 0.25) is 0 Å². The minimum Gasteiger partial charge on any atom is -0.306 e. The molecule has 4 heteroatoms. The highest BCUT2D eigenvalue weighted by atomic mass is 35.5. The molecular formula is C26H24ClN2P. The van der Waals surface area contributed by atoms with Gasteiger partial charge >= 0.3 is 0 Å². The number of nitrogens with zero attached hydrogens (tertiary/aromatic N) is 2. The van der Waals surface area contributed by atoms with Gasteiger partial charge in [-0.1, -0.05) is 96.6 Å². The van der Waals surface area contributed by atoms with Crippen molar-refractivity contribution < 1.29 is 0 Å². The van der Waals surface area contributed by atoms with Crippen LogP contribution in [0.4, 0.5) is 0 Å². The van der Waals surface area contributed by atoms with Crippen molar-refractivity contribution in [1.82, 2.24) is 9.38 Å². The van der Waals surface area contributed by atoms with E-state index in [1.165, 1.54) is 21.5 Å². The van der Waals surface area contributed by atoms with Crippen LogP contribution in [-0.4, -0.2) is 9.38 Å². The van der Waals surface area contributed by atoms with E-state index in [-0.39, 0.29) is 12.4 Å². The lowest BCUT2D eigenvalue weighted by molar-refractivity contribution is 1.15. The Morgan fingerprint density at radius 1 is 0.667 bits per heavy atom. The molecule has 2 heterocycles. The van der Waals surface area contributed by atoms with Crippen LogP contribution in [0.25, 0.3) is 5.52 Å². The summed E-state index contributed by atoms with van der Waals surface area (Å²) in [5.41, 5.74) is 2.46. The first-order chi connectivity index (χ1) is 14.3. The van der Waals surface area contributed by atoms with Crippen LogP contribution in [-0.2, 0) is 0 Å². The molecule has 0 saturated heterocycles. The minimum atomic E-state index is -0.462. The Hall–Kier alpha value is -2.93. The number of benzene rings is 3. The fourth-order valence-corrected chi connectivity index (χ4v) is 5.64. The fraction of sp³-hybridized carbons (Fsp3) is 0.0385. The Balaban J connectivity index is 0.000000214. The van der Waals surface area contributed by atoms with Gasteiger partial charge < -0.3 is 4.40 Å². The van der Waals surface area contributed by atoms with Crippen molar-refractivity contribution in [3.8, 4) is 0 Å². The Kier molecular flexibility index (Phi) is 7.79. The number of hydrogen-bond acceptors (Lipinski definition) is 1. The second-order valence-electron chi connectivity index (χ2n) is 6.77. The quantitative estimate of drug-likeness (QED) is 0.345. The molecule has 2 aromatic heterocycles. The number of imidazole rings is 1. The Bertz CT molecular complexity index is 1100. The van der Waals surface area contributed by atoms with Gasteiger partial charge in [0.25, 0.3) is 0 Å². The van der Waals surface area contributed by atoms with Gasteiger partial charge in [0.1, 0.15) is 0 Å².